The van der Waals surface area contributed by atoms with E-state index < -0.39 is 11.1 Å². The van der Waals surface area contributed by atoms with Crippen molar-refractivity contribution in [3.63, 3.8) is 0 Å². The van der Waals surface area contributed by atoms with Gasteiger partial charge in [0.1, 0.15) is 0 Å². The van der Waals surface area contributed by atoms with Gasteiger partial charge in [0, 0.05) is 37.3 Å². The topological polar surface area (TPSA) is 101 Å². The third-order valence-electron chi connectivity index (χ3n) is 10.4. The maximum absolute atomic E-state index is 14.6. The number of carbonyl (C=O) groups excluding carboxylic acids is 2. The van der Waals surface area contributed by atoms with E-state index in [2.05, 4.69) is 65.3 Å². The molecule has 1 saturated carbocycles. The molecule has 42 heavy (non-hydrogen) atoms. The summed E-state index contributed by atoms with van der Waals surface area (Å²) in [7, 11) is 2.15. The number of fused-ring (bicyclic) bond motifs is 2. The minimum Gasteiger partial charge on any atom is -0.348 e. The lowest BCUT2D eigenvalue weighted by Crippen LogP contribution is -2.75. The van der Waals surface area contributed by atoms with E-state index in [1.165, 1.54) is 29.2 Å². The van der Waals surface area contributed by atoms with Crippen LogP contribution in [0.2, 0.25) is 0 Å². The molecule has 1 aromatic rings. The van der Waals surface area contributed by atoms with Gasteiger partial charge in [-0.05, 0) is 75.4 Å². The Morgan fingerprint density at radius 2 is 2.12 bits per heavy atom. The van der Waals surface area contributed by atoms with Crippen molar-refractivity contribution in [1.29, 1.82) is 5.26 Å². The van der Waals surface area contributed by atoms with Crippen molar-refractivity contribution < 1.29 is 14.3 Å². The number of ether oxygens (including phenoxy) is 1. The highest BCUT2D eigenvalue weighted by Crippen LogP contribution is 2.49. The number of thioether (sulfide) groups is 1. The van der Waals surface area contributed by atoms with E-state index in [4.69, 9.17) is 4.74 Å². The van der Waals surface area contributed by atoms with E-state index in [9.17, 15) is 14.9 Å². The largest absolute Gasteiger partial charge is 0.348 e. The molecule has 9 nitrogen and oxygen atoms in total. The van der Waals surface area contributed by atoms with Gasteiger partial charge >= 0.3 is 0 Å². The van der Waals surface area contributed by atoms with Crippen LogP contribution in [0.1, 0.15) is 48.8 Å². The Labute approximate surface area is 254 Å². The molecule has 2 N–H and O–H groups in total. The first-order valence-corrected chi connectivity index (χ1v) is 16.5. The number of hydrogen-bond acceptors (Lipinski definition) is 9. The second-order valence-corrected chi connectivity index (χ2v) is 14.1. The van der Waals surface area contributed by atoms with Crippen LogP contribution in [0, 0.1) is 24.2 Å². The lowest BCUT2D eigenvalue weighted by molar-refractivity contribution is -0.144. The van der Waals surface area contributed by atoms with Gasteiger partial charge in [-0.2, -0.15) is 5.26 Å². The number of amides is 1. The van der Waals surface area contributed by atoms with Gasteiger partial charge in [-0.25, -0.2) is 0 Å². The van der Waals surface area contributed by atoms with E-state index in [1.807, 2.05) is 11.8 Å². The average molecular weight is 593 g/mol. The van der Waals surface area contributed by atoms with E-state index in [1.54, 1.807) is 4.90 Å². The van der Waals surface area contributed by atoms with Crippen LogP contribution in [0.15, 0.2) is 30.9 Å². The molecule has 0 radical (unpaired) electrons. The molecular formula is C32H44N6O3S. The first-order chi connectivity index (χ1) is 20.3. The number of rotatable bonds is 6. The van der Waals surface area contributed by atoms with E-state index in [-0.39, 0.29) is 36.5 Å². The summed E-state index contributed by atoms with van der Waals surface area (Å²) in [5, 5.41) is 16.9. The Morgan fingerprint density at radius 1 is 1.26 bits per heavy atom. The zero-order chi connectivity index (χ0) is 29.4. The maximum Gasteiger partial charge on any atom is 0.246 e. The van der Waals surface area contributed by atoms with Crippen LogP contribution in [-0.2, 0) is 26.5 Å². The molecule has 10 heteroatoms. The number of likely N-dealkylation sites (N-methyl/N-ethyl adjacent to an activating group) is 1. The average Bonchev–Trinajstić information content (AvgIpc) is 3.42. The molecule has 1 amide bonds. The van der Waals surface area contributed by atoms with Gasteiger partial charge in [0.05, 0.1) is 42.1 Å². The van der Waals surface area contributed by atoms with E-state index >= 15 is 0 Å². The number of nitrogens with one attached hydrogen (secondary N) is 2. The second-order valence-electron chi connectivity index (χ2n) is 12.7. The molecule has 226 valence electrons. The number of ketones is 1. The summed E-state index contributed by atoms with van der Waals surface area (Å²) >= 11 is 1.83. The Balaban J connectivity index is 1.25. The fourth-order valence-electron chi connectivity index (χ4n) is 7.91. The molecule has 0 aromatic heterocycles. The standard InChI is InChI=1S/C32H44N6O3S/c1-4-27(39)38-16-15-37(18-23(38)11-13-33)30-25-10-12-32(17-26-21(2)7-5-8-22(26)20-42-32)29(40)28(25)34-31(35-30)41-19-24-9-6-14-36(24)3/h4-5,7-8,23-25,28,30-31,34-35H,1,6,9-12,14-20H2,2-3H3/t23?,24?,25?,28?,30?,31?,32-/m1/s1. The predicted molar refractivity (Wildman–Crippen MR) is 163 cm³/mol. The third kappa shape index (κ3) is 5.56. The second kappa shape index (κ2) is 12.4. The summed E-state index contributed by atoms with van der Waals surface area (Å²) in [6, 6.07) is 8.60. The Kier molecular flexibility index (Phi) is 8.79. The number of likely N-dealkylation sites (tertiary alicyclic amines) is 1. The highest BCUT2D eigenvalue weighted by atomic mass is 32.2. The first kappa shape index (κ1) is 29.8. The van der Waals surface area contributed by atoms with Crippen molar-refractivity contribution in [2.75, 3.05) is 39.8 Å². The minimum atomic E-state index is -0.450. The number of piperazine rings is 1. The molecule has 0 bridgehead atoms. The number of benzene rings is 1. The molecule has 1 aliphatic carbocycles. The zero-order valence-corrected chi connectivity index (χ0v) is 25.7. The van der Waals surface area contributed by atoms with Crippen LogP contribution in [0.3, 0.4) is 0 Å². The lowest BCUT2D eigenvalue weighted by Gasteiger charge is -2.55. The SMILES string of the molecule is C=CC(=O)N1CCN(C2NC(OCC3CCCN3C)NC3C(=O)[C@@]4(CCC32)Cc2c(C)cccc2CS4)CC1CC#N. The maximum atomic E-state index is 14.6. The summed E-state index contributed by atoms with van der Waals surface area (Å²) < 4.78 is 6.05. The summed E-state index contributed by atoms with van der Waals surface area (Å²) in [4.78, 5) is 33.6. The Morgan fingerprint density at radius 3 is 2.88 bits per heavy atom. The molecule has 1 aromatic carbocycles. The molecular weight excluding hydrogens is 548 g/mol. The summed E-state index contributed by atoms with van der Waals surface area (Å²) in [5.41, 5.74) is 3.97. The van der Waals surface area contributed by atoms with Crippen molar-refractivity contribution in [1.82, 2.24) is 25.3 Å². The van der Waals surface area contributed by atoms with Crippen LogP contribution < -0.4 is 10.6 Å². The molecule has 6 unspecified atom stereocenters. The number of nitrogens with zero attached hydrogens (tertiary/aromatic N) is 4. The van der Waals surface area contributed by atoms with Crippen LogP contribution in [-0.4, -0.2) is 102 Å². The lowest BCUT2D eigenvalue weighted by atomic mass is 9.71. The quantitative estimate of drug-likeness (QED) is 0.483. The van der Waals surface area contributed by atoms with Crippen molar-refractivity contribution in [2.45, 2.75) is 86.6 Å². The van der Waals surface area contributed by atoms with Crippen LogP contribution >= 0.6 is 11.8 Å². The molecule has 7 atom stereocenters. The van der Waals surface area contributed by atoms with Crippen LogP contribution in [0.25, 0.3) is 0 Å². The fraction of sp³-hybridized carbons (Fsp3) is 0.656. The number of aryl methyl sites for hydroxylation is 1. The van der Waals surface area contributed by atoms with E-state index in [0.29, 0.717) is 38.1 Å². The fourth-order valence-corrected chi connectivity index (χ4v) is 9.39. The smallest absolute Gasteiger partial charge is 0.246 e. The Hall–Kier alpha value is -2.26. The van der Waals surface area contributed by atoms with Gasteiger partial charge in [-0.3, -0.25) is 25.1 Å². The molecule has 1 spiro atoms. The summed E-state index contributed by atoms with van der Waals surface area (Å²) in [6.45, 7) is 9.28. The molecule has 3 saturated heterocycles. The third-order valence-corrected chi connectivity index (χ3v) is 11.9. The number of hydrogen-bond donors (Lipinski definition) is 2. The van der Waals surface area contributed by atoms with Gasteiger partial charge in [-0.15, -0.1) is 11.8 Å². The number of Topliss-reactive ketones (excluding diaryl/α,β-unsaturated/α-hetero) is 1. The highest BCUT2D eigenvalue weighted by Gasteiger charge is 2.55. The van der Waals surface area contributed by atoms with Crippen molar-refractivity contribution in [3.05, 3.63) is 47.5 Å². The van der Waals surface area contributed by atoms with Crippen LogP contribution in [0.5, 0.6) is 0 Å². The minimum absolute atomic E-state index is 0.0698. The van der Waals surface area contributed by atoms with Gasteiger partial charge < -0.3 is 14.5 Å². The molecule has 4 fully saturated rings. The highest BCUT2D eigenvalue weighted by molar-refractivity contribution is 8.00. The van der Waals surface area contributed by atoms with Gasteiger partial charge in [0.15, 0.2) is 12.1 Å². The van der Waals surface area contributed by atoms with Gasteiger partial charge in [0.25, 0.3) is 0 Å². The summed E-state index contributed by atoms with van der Waals surface area (Å²) in [5.74, 6) is 1.10. The van der Waals surface area contributed by atoms with Gasteiger partial charge in [0.2, 0.25) is 5.91 Å². The van der Waals surface area contributed by atoms with Crippen LogP contribution in [0.4, 0.5) is 0 Å². The van der Waals surface area contributed by atoms with E-state index in [0.717, 1.165) is 38.0 Å². The molecule has 6 rings (SSSR count). The normalized spacial score (nSPS) is 35.5. The van der Waals surface area contributed by atoms with Gasteiger partial charge in [-0.1, -0.05) is 24.8 Å². The molecule has 4 aliphatic heterocycles. The number of nitriles is 1. The zero-order valence-electron chi connectivity index (χ0n) is 24.9. The summed E-state index contributed by atoms with van der Waals surface area (Å²) in [6.07, 6.45) is 5.91. The van der Waals surface area contributed by atoms with Crippen molar-refractivity contribution >= 4 is 23.5 Å². The monoisotopic (exact) mass is 592 g/mol. The van der Waals surface area contributed by atoms with Crippen molar-refractivity contribution in [3.8, 4) is 6.07 Å². The molecule has 5 aliphatic rings. The van der Waals surface area contributed by atoms with Crippen molar-refractivity contribution in [2.24, 2.45) is 5.92 Å². The number of carbonyl (C=O) groups is 2. The molecule has 4 heterocycles. The first-order valence-electron chi connectivity index (χ1n) is 15.5. The predicted octanol–water partition coefficient (Wildman–Crippen LogP) is 2.40. The Bertz CT molecular complexity index is 1250.